The first-order valence-corrected chi connectivity index (χ1v) is 11.9. The van der Waals surface area contributed by atoms with Crippen LogP contribution in [-0.2, 0) is 26.4 Å². The van der Waals surface area contributed by atoms with Gasteiger partial charge >= 0.3 is 6.09 Å². The first-order chi connectivity index (χ1) is 13.8. The Kier molecular flexibility index (Phi) is 5.43. The van der Waals surface area contributed by atoms with E-state index in [1.54, 1.807) is 29.1 Å². The third kappa shape index (κ3) is 4.35. The molecular weight excluding hydrogens is 467 g/mol. The van der Waals surface area contributed by atoms with E-state index in [1.807, 2.05) is 0 Å². The zero-order chi connectivity index (χ0) is 20.6. The van der Waals surface area contributed by atoms with Gasteiger partial charge in [0.05, 0.1) is 36.0 Å². The molecule has 0 unspecified atom stereocenters. The van der Waals surface area contributed by atoms with E-state index in [9.17, 15) is 17.6 Å². The van der Waals surface area contributed by atoms with Crippen molar-refractivity contribution in [2.24, 2.45) is 0 Å². The van der Waals surface area contributed by atoms with Gasteiger partial charge in [0.15, 0.2) is 9.84 Å². The zero-order valence-electron chi connectivity index (χ0n) is 15.3. The van der Waals surface area contributed by atoms with Crippen molar-refractivity contribution in [1.82, 2.24) is 15.0 Å². The fraction of sp³-hybridized carbons (Fsp3) is 0.389. The minimum absolute atomic E-state index is 0.0131. The topological polar surface area (TPSA) is 94.4 Å². The number of hydrogen-bond donors (Lipinski definition) is 0. The second kappa shape index (κ2) is 7.86. The van der Waals surface area contributed by atoms with Crippen molar-refractivity contribution in [2.45, 2.75) is 24.4 Å². The summed E-state index contributed by atoms with van der Waals surface area (Å²) >= 11 is 3.30. The smallest absolute Gasteiger partial charge is 0.414 e. The molecule has 8 nitrogen and oxygen atoms in total. The Hall–Kier alpha value is -2.27. The van der Waals surface area contributed by atoms with Crippen LogP contribution in [0.2, 0.25) is 0 Å². The number of allylic oxidation sites excluding steroid dienone is 1. The summed E-state index contributed by atoms with van der Waals surface area (Å²) in [5.41, 5.74) is 2.19. The maximum atomic E-state index is 14.7. The molecule has 29 heavy (non-hydrogen) atoms. The van der Waals surface area contributed by atoms with Crippen LogP contribution in [0.5, 0.6) is 0 Å². The molecule has 0 saturated carbocycles. The lowest BCUT2D eigenvalue weighted by Crippen LogP contribution is -2.26. The van der Waals surface area contributed by atoms with E-state index in [0.717, 1.165) is 5.69 Å². The van der Waals surface area contributed by atoms with Crippen LogP contribution in [0.15, 0.2) is 30.5 Å². The van der Waals surface area contributed by atoms with Crippen LogP contribution in [0.3, 0.4) is 0 Å². The lowest BCUT2D eigenvalue weighted by molar-refractivity contribution is 0.129. The minimum Gasteiger partial charge on any atom is -0.442 e. The number of nitrogens with zero attached hydrogens (tertiary/aromatic N) is 4. The molecule has 154 valence electrons. The van der Waals surface area contributed by atoms with Crippen molar-refractivity contribution in [3.63, 3.8) is 0 Å². The number of rotatable bonds is 5. The minimum atomic E-state index is -3.08. The van der Waals surface area contributed by atoms with Crippen molar-refractivity contribution in [1.29, 1.82) is 0 Å². The third-order valence-electron chi connectivity index (χ3n) is 4.86. The molecule has 2 aliphatic rings. The Morgan fingerprint density at radius 1 is 1.34 bits per heavy atom. The standard InChI is InChI=1S/C18H18BrFN4O4S/c19-8-13-9-23(22-21-13)10-15-11-24(18(25)28-15)14-1-2-16(17(20)7-14)12-3-5-29(26,27)6-4-12/h1-3,7,9,15H,4-6,8,10-11H2/t15-/m0/s1. The molecule has 1 fully saturated rings. The van der Waals surface area contributed by atoms with Gasteiger partial charge in [0.2, 0.25) is 0 Å². The molecule has 1 amide bonds. The molecule has 1 aromatic carbocycles. The Labute approximate surface area is 175 Å². The summed E-state index contributed by atoms with van der Waals surface area (Å²) in [5, 5.41) is 8.53. The summed E-state index contributed by atoms with van der Waals surface area (Å²) in [5.74, 6) is -0.565. The van der Waals surface area contributed by atoms with Gasteiger partial charge < -0.3 is 4.74 Å². The molecule has 1 saturated heterocycles. The number of carbonyl (C=O) groups excluding carboxylic acids is 1. The largest absolute Gasteiger partial charge is 0.442 e. The van der Waals surface area contributed by atoms with E-state index in [-0.39, 0.29) is 24.5 Å². The lowest BCUT2D eigenvalue weighted by atomic mass is 10.0. The Morgan fingerprint density at radius 2 is 2.17 bits per heavy atom. The molecule has 0 radical (unpaired) electrons. The number of aromatic nitrogens is 3. The van der Waals surface area contributed by atoms with Crippen molar-refractivity contribution >= 4 is 43.1 Å². The van der Waals surface area contributed by atoms with Gasteiger partial charge in [0.25, 0.3) is 0 Å². The monoisotopic (exact) mass is 484 g/mol. The Balaban J connectivity index is 1.48. The fourth-order valence-corrected chi connectivity index (χ4v) is 4.79. The van der Waals surface area contributed by atoms with Crippen molar-refractivity contribution in [2.75, 3.05) is 23.0 Å². The van der Waals surface area contributed by atoms with Crippen LogP contribution in [0.25, 0.3) is 5.57 Å². The van der Waals surface area contributed by atoms with Gasteiger partial charge in [-0.25, -0.2) is 22.3 Å². The second-order valence-corrected chi connectivity index (χ2v) is 9.73. The number of hydrogen-bond acceptors (Lipinski definition) is 6. The van der Waals surface area contributed by atoms with Crippen LogP contribution < -0.4 is 4.90 Å². The zero-order valence-corrected chi connectivity index (χ0v) is 17.7. The summed E-state index contributed by atoms with van der Waals surface area (Å²) in [4.78, 5) is 13.6. The number of carbonyl (C=O) groups is 1. The third-order valence-corrected chi connectivity index (χ3v) is 6.94. The molecule has 0 bridgehead atoms. The second-order valence-electron chi connectivity index (χ2n) is 6.94. The molecular formula is C18H18BrFN4O4S. The van der Waals surface area contributed by atoms with Crippen molar-refractivity contribution < 1.29 is 22.3 Å². The van der Waals surface area contributed by atoms with Crippen LogP contribution in [0.4, 0.5) is 14.9 Å². The van der Waals surface area contributed by atoms with Crippen LogP contribution in [0, 0.1) is 5.82 Å². The fourth-order valence-electron chi connectivity index (χ4n) is 3.38. The van der Waals surface area contributed by atoms with Crippen LogP contribution in [-0.4, -0.2) is 53.7 Å². The van der Waals surface area contributed by atoms with Gasteiger partial charge in [-0.1, -0.05) is 27.2 Å². The number of halogens is 2. The highest BCUT2D eigenvalue weighted by molar-refractivity contribution is 9.08. The van der Waals surface area contributed by atoms with Crippen molar-refractivity contribution in [3.05, 3.63) is 47.5 Å². The number of cyclic esters (lactones) is 1. The number of benzene rings is 1. The Morgan fingerprint density at radius 3 is 2.83 bits per heavy atom. The number of anilines is 1. The number of alkyl halides is 1. The van der Waals surface area contributed by atoms with E-state index in [0.29, 0.717) is 28.7 Å². The predicted molar refractivity (Wildman–Crippen MR) is 108 cm³/mol. The Bertz CT molecular complexity index is 1090. The molecule has 1 aromatic heterocycles. The van der Waals surface area contributed by atoms with Gasteiger partial charge in [0.1, 0.15) is 11.9 Å². The first-order valence-electron chi connectivity index (χ1n) is 8.97. The average molecular weight is 485 g/mol. The first kappa shape index (κ1) is 20.0. The van der Waals surface area contributed by atoms with Gasteiger partial charge in [-0.15, -0.1) is 5.10 Å². The van der Waals surface area contributed by atoms with Gasteiger partial charge in [-0.05, 0) is 30.2 Å². The van der Waals surface area contributed by atoms with Crippen LogP contribution in [0.1, 0.15) is 17.7 Å². The summed E-state index contributed by atoms with van der Waals surface area (Å²) in [6.07, 6.45) is 2.61. The summed E-state index contributed by atoms with van der Waals surface area (Å²) in [6.45, 7) is 0.617. The molecule has 4 rings (SSSR count). The SMILES string of the molecule is O=C1O[C@@H](Cn2cc(CBr)nn2)CN1c1ccc(C2=CCS(=O)(=O)CC2)c(F)c1. The van der Waals surface area contributed by atoms with E-state index in [1.165, 1.54) is 11.0 Å². The van der Waals surface area contributed by atoms with E-state index < -0.39 is 27.9 Å². The highest BCUT2D eigenvalue weighted by Gasteiger charge is 2.33. The molecule has 0 N–H and O–H groups in total. The van der Waals surface area contributed by atoms with Gasteiger partial charge in [0, 0.05) is 17.1 Å². The lowest BCUT2D eigenvalue weighted by Gasteiger charge is -2.17. The maximum absolute atomic E-state index is 14.7. The molecule has 0 spiro atoms. The summed E-state index contributed by atoms with van der Waals surface area (Å²) in [6, 6.07) is 4.50. The number of sulfone groups is 1. The molecule has 1 atom stereocenters. The average Bonchev–Trinajstić information content (AvgIpc) is 3.28. The number of ether oxygens (including phenoxy) is 1. The quantitative estimate of drug-likeness (QED) is 0.605. The van der Waals surface area contributed by atoms with E-state index in [2.05, 4.69) is 26.2 Å². The highest BCUT2D eigenvalue weighted by Crippen LogP contribution is 2.30. The molecule has 11 heteroatoms. The van der Waals surface area contributed by atoms with Gasteiger partial charge in [-0.2, -0.15) is 0 Å². The predicted octanol–water partition coefficient (Wildman–Crippen LogP) is 2.54. The summed E-state index contributed by atoms with van der Waals surface area (Å²) < 4.78 is 44.8. The normalized spacial score (nSPS) is 21.2. The summed E-state index contributed by atoms with van der Waals surface area (Å²) in [7, 11) is -3.08. The van der Waals surface area contributed by atoms with Crippen molar-refractivity contribution in [3.8, 4) is 0 Å². The molecule has 2 aliphatic heterocycles. The van der Waals surface area contributed by atoms with Gasteiger partial charge in [-0.3, -0.25) is 4.90 Å². The molecule has 3 heterocycles. The van der Waals surface area contributed by atoms with Crippen LogP contribution >= 0.6 is 15.9 Å². The van der Waals surface area contributed by atoms with E-state index in [4.69, 9.17) is 4.74 Å². The molecule has 2 aromatic rings. The number of amides is 1. The maximum Gasteiger partial charge on any atom is 0.414 e. The highest BCUT2D eigenvalue weighted by atomic mass is 79.9. The molecule has 0 aliphatic carbocycles. The van der Waals surface area contributed by atoms with E-state index >= 15 is 0 Å².